The maximum absolute atomic E-state index is 12.4. The minimum absolute atomic E-state index is 0.0141. The fourth-order valence-electron chi connectivity index (χ4n) is 3.46. The van der Waals surface area contributed by atoms with Crippen LogP contribution in [0.5, 0.6) is 5.75 Å². The quantitative estimate of drug-likeness (QED) is 0.742. The molecule has 1 amide bonds. The van der Waals surface area contributed by atoms with E-state index in [0.29, 0.717) is 6.54 Å². The summed E-state index contributed by atoms with van der Waals surface area (Å²) in [5.41, 5.74) is 3.37. The summed E-state index contributed by atoms with van der Waals surface area (Å²) < 4.78 is 11.2. The molecule has 6 nitrogen and oxygen atoms in total. The molecule has 2 aromatic rings. The zero-order valence-corrected chi connectivity index (χ0v) is 17.6. The van der Waals surface area contributed by atoms with Crippen LogP contribution in [0.1, 0.15) is 17.2 Å². The van der Waals surface area contributed by atoms with Crippen LogP contribution in [0.15, 0.2) is 48.5 Å². The number of carbonyl (C=O) groups excluding carboxylic acids is 1. The van der Waals surface area contributed by atoms with Gasteiger partial charge in [-0.1, -0.05) is 30.3 Å². The van der Waals surface area contributed by atoms with Crippen LogP contribution in [-0.2, 0) is 9.53 Å². The Morgan fingerprint density at radius 2 is 1.83 bits per heavy atom. The van der Waals surface area contributed by atoms with E-state index in [9.17, 15) is 4.79 Å². The third kappa shape index (κ3) is 5.95. The summed E-state index contributed by atoms with van der Waals surface area (Å²) in [6, 6.07) is 16.3. The van der Waals surface area contributed by atoms with Crippen molar-refractivity contribution in [3.8, 4) is 5.75 Å². The third-order valence-corrected chi connectivity index (χ3v) is 5.23. The first-order chi connectivity index (χ1) is 14.0. The van der Waals surface area contributed by atoms with Gasteiger partial charge in [0.05, 0.1) is 19.3 Å². The number of anilines is 1. The van der Waals surface area contributed by atoms with Gasteiger partial charge in [0.2, 0.25) is 0 Å². The Kier molecular flexibility index (Phi) is 7.49. The standard InChI is InChI=1S/C23H31N3O3/c1-18-6-4-5-7-22(18)29-17-23(27)24-16-21(26-12-14-28-15-13-26)19-8-10-20(11-9-19)25(2)3/h4-11,21H,12-17H2,1-3H3,(H,24,27)/t21-/m1/s1. The molecular weight excluding hydrogens is 366 g/mol. The average molecular weight is 398 g/mol. The van der Waals surface area contributed by atoms with Crippen molar-refractivity contribution >= 4 is 11.6 Å². The fraction of sp³-hybridized carbons (Fsp3) is 0.435. The number of benzene rings is 2. The smallest absolute Gasteiger partial charge is 0.258 e. The zero-order valence-electron chi connectivity index (χ0n) is 17.6. The number of ether oxygens (including phenoxy) is 2. The van der Waals surface area contributed by atoms with Crippen LogP contribution in [0.2, 0.25) is 0 Å². The van der Waals surface area contributed by atoms with Crippen LogP contribution in [0.25, 0.3) is 0 Å². The van der Waals surface area contributed by atoms with Crippen LogP contribution < -0.4 is 15.0 Å². The molecule has 0 aromatic heterocycles. The molecule has 2 aromatic carbocycles. The normalized spacial score (nSPS) is 15.6. The van der Waals surface area contributed by atoms with Crippen LogP contribution in [-0.4, -0.2) is 64.4 Å². The van der Waals surface area contributed by atoms with Gasteiger partial charge in [-0.25, -0.2) is 0 Å². The molecule has 1 N–H and O–H groups in total. The van der Waals surface area contributed by atoms with Gasteiger partial charge in [-0.2, -0.15) is 0 Å². The number of hydrogen-bond acceptors (Lipinski definition) is 5. The minimum atomic E-state index is -0.114. The Morgan fingerprint density at radius 3 is 2.48 bits per heavy atom. The van der Waals surface area contributed by atoms with Gasteiger partial charge in [0.25, 0.3) is 5.91 Å². The van der Waals surface area contributed by atoms with Crippen molar-refractivity contribution in [2.24, 2.45) is 0 Å². The van der Waals surface area contributed by atoms with Gasteiger partial charge in [-0.15, -0.1) is 0 Å². The molecule has 0 saturated carbocycles. The number of amides is 1. The van der Waals surface area contributed by atoms with Gasteiger partial charge in [0.1, 0.15) is 5.75 Å². The molecular formula is C23H31N3O3. The van der Waals surface area contributed by atoms with Gasteiger partial charge >= 0.3 is 0 Å². The zero-order chi connectivity index (χ0) is 20.6. The second kappa shape index (κ2) is 10.3. The number of para-hydroxylation sites is 1. The van der Waals surface area contributed by atoms with E-state index in [1.807, 2.05) is 45.3 Å². The lowest BCUT2D eigenvalue weighted by molar-refractivity contribution is -0.123. The molecule has 0 radical (unpaired) electrons. The van der Waals surface area contributed by atoms with Crippen LogP contribution in [0, 0.1) is 6.92 Å². The van der Waals surface area contributed by atoms with E-state index < -0.39 is 0 Å². The Labute approximate surface area is 173 Å². The Hall–Kier alpha value is -2.57. The van der Waals surface area contributed by atoms with Gasteiger partial charge in [0, 0.05) is 39.4 Å². The lowest BCUT2D eigenvalue weighted by Crippen LogP contribution is -2.44. The van der Waals surface area contributed by atoms with Crippen molar-refractivity contribution in [2.45, 2.75) is 13.0 Å². The fourth-order valence-corrected chi connectivity index (χ4v) is 3.46. The van der Waals surface area contributed by atoms with Gasteiger partial charge < -0.3 is 19.7 Å². The Bertz CT molecular complexity index is 786. The van der Waals surface area contributed by atoms with Crippen LogP contribution in [0.3, 0.4) is 0 Å². The second-order valence-corrected chi connectivity index (χ2v) is 7.51. The van der Waals surface area contributed by atoms with E-state index in [-0.39, 0.29) is 18.6 Å². The number of morpholine rings is 1. The molecule has 1 aliphatic heterocycles. The van der Waals surface area contributed by atoms with Crippen molar-refractivity contribution in [3.05, 3.63) is 59.7 Å². The lowest BCUT2D eigenvalue weighted by atomic mass is 10.0. The van der Waals surface area contributed by atoms with Gasteiger partial charge in [0.15, 0.2) is 6.61 Å². The van der Waals surface area contributed by atoms with Crippen molar-refractivity contribution in [2.75, 3.05) is 58.5 Å². The van der Waals surface area contributed by atoms with Crippen molar-refractivity contribution in [3.63, 3.8) is 0 Å². The Morgan fingerprint density at radius 1 is 1.14 bits per heavy atom. The first-order valence-electron chi connectivity index (χ1n) is 10.1. The predicted molar refractivity (Wildman–Crippen MR) is 116 cm³/mol. The van der Waals surface area contributed by atoms with E-state index in [0.717, 1.165) is 43.3 Å². The average Bonchev–Trinajstić information content (AvgIpc) is 2.74. The number of aryl methyl sites for hydroxylation is 1. The SMILES string of the molecule is Cc1ccccc1OCC(=O)NC[C@H](c1ccc(N(C)C)cc1)N1CCOCC1. The number of rotatable bonds is 8. The van der Waals surface area contributed by atoms with Gasteiger partial charge in [-0.3, -0.25) is 9.69 Å². The van der Waals surface area contributed by atoms with Crippen molar-refractivity contribution in [1.82, 2.24) is 10.2 Å². The molecule has 1 heterocycles. The van der Waals surface area contributed by atoms with Crippen LogP contribution in [0.4, 0.5) is 5.69 Å². The molecule has 29 heavy (non-hydrogen) atoms. The number of nitrogens with zero attached hydrogens (tertiary/aromatic N) is 2. The topological polar surface area (TPSA) is 54.0 Å². The molecule has 0 aliphatic carbocycles. The summed E-state index contributed by atoms with van der Waals surface area (Å²) in [7, 11) is 4.06. The summed E-state index contributed by atoms with van der Waals surface area (Å²) in [5.74, 6) is 0.628. The molecule has 0 unspecified atom stereocenters. The number of nitrogens with one attached hydrogen (secondary N) is 1. The van der Waals surface area contributed by atoms with E-state index in [1.165, 1.54) is 5.56 Å². The first-order valence-corrected chi connectivity index (χ1v) is 10.1. The highest BCUT2D eigenvalue weighted by Gasteiger charge is 2.23. The van der Waals surface area contributed by atoms with E-state index >= 15 is 0 Å². The maximum atomic E-state index is 12.4. The number of hydrogen-bond donors (Lipinski definition) is 1. The first kappa shape index (κ1) is 21.1. The molecule has 6 heteroatoms. The maximum Gasteiger partial charge on any atom is 0.258 e. The minimum Gasteiger partial charge on any atom is -0.484 e. The summed E-state index contributed by atoms with van der Waals surface area (Å²) in [6.07, 6.45) is 0. The van der Waals surface area contributed by atoms with E-state index in [1.54, 1.807) is 0 Å². The molecule has 1 fully saturated rings. The monoisotopic (exact) mass is 397 g/mol. The molecule has 1 aliphatic rings. The summed E-state index contributed by atoms with van der Waals surface area (Å²) in [5, 5.41) is 3.05. The Balaban J connectivity index is 1.62. The molecule has 3 rings (SSSR count). The third-order valence-electron chi connectivity index (χ3n) is 5.23. The van der Waals surface area contributed by atoms with Crippen molar-refractivity contribution in [1.29, 1.82) is 0 Å². The molecule has 1 saturated heterocycles. The highest BCUT2D eigenvalue weighted by Crippen LogP contribution is 2.24. The number of carbonyl (C=O) groups is 1. The second-order valence-electron chi connectivity index (χ2n) is 7.51. The predicted octanol–water partition coefficient (Wildman–Crippen LogP) is 2.63. The van der Waals surface area contributed by atoms with E-state index in [4.69, 9.17) is 9.47 Å². The molecule has 0 spiro atoms. The van der Waals surface area contributed by atoms with Crippen molar-refractivity contribution < 1.29 is 14.3 Å². The van der Waals surface area contributed by atoms with Crippen LogP contribution >= 0.6 is 0 Å². The van der Waals surface area contributed by atoms with E-state index in [2.05, 4.69) is 39.4 Å². The largest absolute Gasteiger partial charge is 0.484 e. The summed E-state index contributed by atoms with van der Waals surface area (Å²) in [4.78, 5) is 16.9. The molecule has 1 atom stereocenters. The highest BCUT2D eigenvalue weighted by atomic mass is 16.5. The molecule has 156 valence electrons. The highest BCUT2D eigenvalue weighted by molar-refractivity contribution is 5.77. The summed E-state index contributed by atoms with van der Waals surface area (Å²) >= 11 is 0. The van der Waals surface area contributed by atoms with Gasteiger partial charge in [-0.05, 0) is 36.2 Å². The summed E-state index contributed by atoms with van der Waals surface area (Å²) in [6.45, 7) is 5.68. The lowest BCUT2D eigenvalue weighted by Gasteiger charge is -2.35. The molecule has 0 bridgehead atoms.